The molecule has 3 rings (SSSR count). The highest BCUT2D eigenvalue weighted by Gasteiger charge is 2.08. The van der Waals surface area contributed by atoms with Crippen molar-refractivity contribution in [3.63, 3.8) is 0 Å². The Hall–Kier alpha value is -1.59. The van der Waals surface area contributed by atoms with Crippen molar-refractivity contribution >= 4 is 39.2 Å². The summed E-state index contributed by atoms with van der Waals surface area (Å²) in [6.07, 6.45) is 0. The molecule has 1 N–H and O–H groups in total. The predicted octanol–water partition coefficient (Wildman–Crippen LogP) is 4.77. The van der Waals surface area contributed by atoms with Crippen molar-refractivity contribution in [1.82, 2.24) is 9.55 Å². The molecule has 0 saturated heterocycles. The van der Waals surface area contributed by atoms with E-state index >= 15 is 0 Å². The lowest BCUT2D eigenvalue weighted by atomic mass is 10.2. The average Bonchev–Trinajstić information content (AvgIpc) is 2.72. The van der Waals surface area contributed by atoms with Gasteiger partial charge >= 0.3 is 0 Å². The molecule has 2 aromatic carbocycles. The summed E-state index contributed by atoms with van der Waals surface area (Å²) in [5.74, 6) is 0.790. The second-order valence-corrected chi connectivity index (χ2v) is 5.94. The molecule has 0 atom stereocenters. The molecule has 0 amide bonds. The maximum absolute atomic E-state index is 5.45. The summed E-state index contributed by atoms with van der Waals surface area (Å²) >= 11 is 8.95. The van der Waals surface area contributed by atoms with Crippen LogP contribution in [0.1, 0.15) is 5.56 Å². The van der Waals surface area contributed by atoms with Gasteiger partial charge in [-0.15, -0.1) is 0 Å². The van der Waals surface area contributed by atoms with E-state index in [1.54, 1.807) is 7.11 Å². The number of fused-ring (bicyclic) bond motifs is 1. The minimum Gasteiger partial charge on any atom is -0.497 e. The van der Waals surface area contributed by atoms with E-state index in [2.05, 4.69) is 46.0 Å². The van der Waals surface area contributed by atoms with Gasteiger partial charge < -0.3 is 9.72 Å². The molecule has 0 aliphatic rings. The number of halogens is 1. The zero-order chi connectivity index (χ0) is 14.3. The lowest BCUT2D eigenvalue weighted by molar-refractivity contribution is 0.414. The predicted molar refractivity (Wildman–Crippen MR) is 87.4 cm³/mol. The number of nitrogens with zero attached hydrogens (tertiary/aromatic N) is 1. The van der Waals surface area contributed by atoms with Crippen molar-refractivity contribution in [2.75, 3.05) is 7.11 Å². The third-order valence-electron chi connectivity index (χ3n) is 3.19. The van der Waals surface area contributed by atoms with Crippen molar-refractivity contribution in [3.05, 3.63) is 51.2 Å². The molecule has 0 saturated carbocycles. The Kier molecular flexibility index (Phi) is 3.40. The van der Waals surface area contributed by atoms with Crippen LogP contribution in [-0.2, 0) is 0 Å². The van der Waals surface area contributed by atoms with Crippen LogP contribution in [0.25, 0.3) is 16.7 Å². The lowest BCUT2D eigenvalue weighted by Crippen LogP contribution is -1.95. The van der Waals surface area contributed by atoms with E-state index in [-0.39, 0.29) is 0 Å². The number of ether oxygens (including phenoxy) is 1. The third-order valence-corrected chi connectivity index (χ3v) is 3.93. The van der Waals surface area contributed by atoms with Crippen LogP contribution in [0.2, 0.25) is 0 Å². The molecule has 0 aliphatic heterocycles. The van der Waals surface area contributed by atoms with E-state index in [0.717, 1.165) is 26.9 Å². The molecule has 3 aromatic rings. The second-order valence-electron chi connectivity index (χ2n) is 4.64. The standard InChI is InChI=1S/C15H13BrN2OS/c1-9-3-4-14-13(5-9)17-15(20)18(14)11-6-10(16)7-12(8-11)19-2/h3-8H,1-2H3,(H,17,20). The third kappa shape index (κ3) is 2.27. The molecule has 1 aromatic heterocycles. The van der Waals surface area contributed by atoms with Crippen LogP contribution in [-0.4, -0.2) is 16.7 Å². The lowest BCUT2D eigenvalue weighted by Gasteiger charge is -2.08. The van der Waals surface area contributed by atoms with E-state index in [1.807, 2.05) is 22.8 Å². The zero-order valence-electron chi connectivity index (χ0n) is 11.1. The fourth-order valence-electron chi connectivity index (χ4n) is 2.28. The number of benzene rings is 2. The molecule has 5 heteroatoms. The van der Waals surface area contributed by atoms with E-state index in [0.29, 0.717) is 4.77 Å². The summed E-state index contributed by atoms with van der Waals surface area (Å²) in [5, 5.41) is 0. The maximum Gasteiger partial charge on any atom is 0.182 e. The number of aryl methyl sites for hydroxylation is 1. The molecule has 0 fully saturated rings. The Morgan fingerprint density at radius 2 is 2.00 bits per heavy atom. The van der Waals surface area contributed by atoms with Crippen LogP contribution in [0, 0.1) is 11.7 Å². The number of nitrogens with one attached hydrogen (secondary N) is 1. The first-order chi connectivity index (χ1) is 9.58. The van der Waals surface area contributed by atoms with Gasteiger partial charge in [0.25, 0.3) is 0 Å². The van der Waals surface area contributed by atoms with Crippen LogP contribution in [0.5, 0.6) is 5.75 Å². The SMILES string of the molecule is COc1cc(Br)cc(-n2c(=S)[nH]c3cc(C)ccc32)c1. The van der Waals surface area contributed by atoms with Gasteiger partial charge in [0, 0.05) is 10.5 Å². The number of aromatic nitrogens is 2. The summed E-state index contributed by atoms with van der Waals surface area (Å²) in [5.41, 5.74) is 4.26. The van der Waals surface area contributed by atoms with Gasteiger partial charge in [-0.3, -0.25) is 4.57 Å². The largest absolute Gasteiger partial charge is 0.497 e. The first kappa shape index (κ1) is 13.4. The van der Waals surface area contributed by atoms with E-state index < -0.39 is 0 Å². The van der Waals surface area contributed by atoms with Gasteiger partial charge in [0.2, 0.25) is 0 Å². The molecule has 0 aliphatic carbocycles. The van der Waals surface area contributed by atoms with Gasteiger partial charge in [-0.1, -0.05) is 22.0 Å². The minimum atomic E-state index is 0.672. The Balaban J connectivity index is 2.32. The summed E-state index contributed by atoms with van der Waals surface area (Å²) in [6, 6.07) is 12.2. The van der Waals surface area contributed by atoms with Crippen LogP contribution in [0.4, 0.5) is 0 Å². The summed E-state index contributed by atoms with van der Waals surface area (Å²) < 4.78 is 8.95. The van der Waals surface area contributed by atoms with E-state index in [9.17, 15) is 0 Å². The Morgan fingerprint density at radius 1 is 1.20 bits per heavy atom. The van der Waals surface area contributed by atoms with Crippen LogP contribution < -0.4 is 4.74 Å². The maximum atomic E-state index is 5.45. The number of hydrogen-bond donors (Lipinski definition) is 1. The monoisotopic (exact) mass is 348 g/mol. The van der Waals surface area contributed by atoms with Crippen LogP contribution >= 0.6 is 28.1 Å². The smallest absolute Gasteiger partial charge is 0.182 e. The summed E-state index contributed by atoms with van der Waals surface area (Å²) in [6.45, 7) is 2.07. The second kappa shape index (κ2) is 5.07. The quantitative estimate of drug-likeness (QED) is 0.676. The first-order valence-electron chi connectivity index (χ1n) is 6.15. The minimum absolute atomic E-state index is 0.672. The number of imidazole rings is 1. The number of aromatic amines is 1. The molecule has 0 radical (unpaired) electrons. The zero-order valence-corrected chi connectivity index (χ0v) is 13.5. The molecule has 0 spiro atoms. The fourth-order valence-corrected chi connectivity index (χ4v) is 3.05. The van der Waals surface area contributed by atoms with Gasteiger partial charge in [0.1, 0.15) is 5.75 Å². The number of H-pyrrole nitrogens is 1. The average molecular weight is 349 g/mol. The fraction of sp³-hybridized carbons (Fsp3) is 0.133. The van der Waals surface area contributed by atoms with Gasteiger partial charge in [-0.2, -0.15) is 0 Å². The highest BCUT2D eigenvalue weighted by atomic mass is 79.9. The van der Waals surface area contributed by atoms with Crippen LogP contribution in [0.3, 0.4) is 0 Å². The van der Waals surface area contributed by atoms with Crippen molar-refractivity contribution in [3.8, 4) is 11.4 Å². The summed E-state index contributed by atoms with van der Waals surface area (Å²) in [7, 11) is 1.66. The highest BCUT2D eigenvalue weighted by molar-refractivity contribution is 9.10. The molecule has 1 heterocycles. The number of hydrogen-bond acceptors (Lipinski definition) is 2. The summed E-state index contributed by atoms with van der Waals surface area (Å²) in [4.78, 5) is 3.24. The Morgan fingerprint density at radius 3 is 2.75 bits per heavy atom. The van der Waals surface area contributed by atoms with E-state index in [4.69, 9.17) is 17.0 Å². The molecule has 0 unspecified atom stereocenters. The van der Waals surface area contributed by atoms with Gasteiger partial charge in [0.05, 0.1) is 23.8 Å². The molecule has 3 nitrogen and oxygen atoms in total. The van der Waals surface area contributed by atoms with Gasteiger partial charge in [-0.05, 0) is 49.0 Å². The van der Waals surface area contributed by atoms with Crippen LogP contribution in [0.15, 0.2) is 40.9 Å². The van der Waals surface area contributed by atoms with Crippen molar-refractivity contribution in [2.24, 2.45) is 0 Å². The molecular weight excluding hydrogens is 336 g/mol. The van der Waals surface area contributed by atoms with Crippen molar-refractivity contribution in [1.29, 1.82) is 0 Å². The Bertz CT molecular complexity index is 851. The Labute approximate surface area is 130 Å². The van der Waals surface area contributed by atoms with Gasteiger partial charge in [0.15, 0.2) is 4.77 Å². The normalized spacial score (nSPS) is 10.9. The molecule has 102 valence electrons. The molecular formula is C15H13BrN2OS. The first-order valence-corrected chi connectivity index (χ1v) is 7.35. The van der Waals surface area contributed by atoms with Crippen molar-refractivity contribution < 1.29 is 4.74 Å². The molecule has 0 bridgehead atoms. The number of rotatable bonds is 2. The van der Waals surface area contributed by atoms with Gasteiger partial charge in [-0.25, -0.2) is 0 Å². The van der Waals surface area contributed by atoms with E-state index in [1.165, 1.54) is 5.56 Å². The topological polar surface area (TPSA) is 29.9 Å². The molecule has 20 heavy (non-hydrogen) atoms. The van der Waals surface area contributed by atoms with Crippen molar-refractivity contribution in [2.45, 2.75) is 6.92 Å². The highest BCUT2D eigenvalue weighted by Crippen LogP contribution is 2.27. The number of methoxy groups -OCH3 is 1.